The number of rotatable bonds is 7. The molecule has 1 amide bonds. The number of carbonyl (C=O) groups is 2. The molecule has 0 bridgehead atoms. The zero-order valence-electron chi connectivity index (χ0n) is 15.4. The maximum absolute atomic E-state index is 12.2. The molecule has 1 aromatic heterocycles. The Kier molecular flexibility index (Phi) is 6.17. The summed E-state index contributed by atoms with van der Waals surface area (Å²) in [5.41, 5.74) is 1.47. The van der Waals surface area contributed by atoms with Gasteiger partial charge in [0.15, 0.2) is 6.61 Å². The van der Waals surface area contributed by atoms with Crippen molar-refractivity contribution >= 4 is 17.6 Å². The minimum absolute atomic E-state index is 0.150. The third kappa shape index (κ3) is 5.17. The Bertz CT molecular complexity index is 1050. The van der Waals surface area contributed by atoms with Gasteiger partial charge in [-0.2, -0.15) is 10.2 Å². The van der Waals surface area contributed by atoms with Gasteiger partial charge in [-0.15, -0.1) is 0 Å². The van der Waals surface area contributed by atoms with E-state index in [0.29, 0.717) is 22.8 Å². The molecule has 2 aromatic carbocycles. The standard InChI is InChI=1S/C20H16N4O5/c1-27-16-4-2-3-14(11-16)19-23-18(29-24-19)12-28-20(26)13-5-7-15(8-6-13)22-17(25)9-10-21/h2-8,11H,9,12H2,1H3,(H,22,25). The fourth-order valence-electron chi connectivity index (χ4n) is 2.37. The van der Waals surface area contributed by atoms with Crippen LogP contribution >= 0.6 is 0 Å². The van der Waals surface area contributed by atoms with Crippen molar-refractivity contribution in [2.75, 3.05) is 12.4 Å². The lowest BCUT2D eigenvalue weighted by molar-refractivity contribution is -0.115. The minimum Gasteiger partial charge on any atom is -0.497 e. The summed E-state index contributed by atoms with van der Waals surface area (Å²) in [6.07, 6.45) is -0.244. The lowest BCUT2D eigenvalue weighted by Gasteiger charge is -2.05. The second-order valence-electron chi connectivity index (χ2n) is 5.78. The van der Waals surface area contributed by atoms with Crippen molar-refractivity contribution in [3.05, 3.63) is 60.0 Å². The normalized spacial score (nSPS) is 10.1. The molecule has 0 aliphatic rings. The number of benzene rings is 2. The molecule has 146 valence electrons. The van der Waals surface area contributed by atoms with E-state index in [4.69, 9.17) is 19.3 Å². The molecular weight excluding hydrogens is 376 g/mol. The van der Waals surface area contributed by atoms with Gasteiger partial charge >= 0.3 is 5.97 Å². The molecule has 0 saturated carbocycles. The number of esters is 1. The van der Waals surface area contributed by atoms with Crippen LogP contribution in [0.1, 0.15) is 22.7 Å². The van der Waals surface area contributed by atoms with Gasteiger partial charge in [0.25, 0.3) is 5.89 Å². The van der Waals surface area contributed by atoms with Gasteiger partial charge in [0.05, 0.1) is 18.7 Å². The molecule has 9 nitrogen and oxygen atoms in total. The molecular formula is C20H16N4O5. The highest BCUT2D eigenvalue weighted by Crippen LogP contribution is 2.21. The Morgan fingerprint density at radius 3 is 2.72 bits per heavy atom. The largest absolute Gasteiger partial charge is 0.497 e. The molecule has 0 aliphatic heterocycles. The van der Waals surface area contributed by atoms with Crippen molar-refractivity contribution < 1.29 is 23.6 Å². The minimum atomic E-state index is -0.582. The number of nitrogens with zero attached hydrogens (tertiary/aromatic N) is 3. The van der Waals surface area contributed by atoms with E-state index in [1.165, 1.54) is 12.1 Å². The molecule has 3 aromatic rings. The van der Waals surface area contributed by atoms with E-state index >= 15 is 0 Å². The van der Waals surface area contributed by atoms with Gasteiger partial charge in [0.1, 0.15) is 12.2 Å². The van der Waals surface area contributed by atoms with E-state index in [9.17, 15) is 9.59 Å². The molecule has 9 heteroatoms. The molecule has 0 fully saturated rings. The first kappa shape index (κ1) is 19.6. The second kappa shape index (κ2) is 9.14. The van der Waals surface area contributed by atoms with E-state index in [2.05, 4.69) is 15.5 Å². The summed E-state index contributed by atoms with van der Waals surface area (Å²) in [7, 11) is 1.56. The first-order chi connectivity index (χ1) is 14.1. The Morgan fingerprint density at radius 1 is 1.21 bits per heavy atom. The lowest BCUT2D eigenvalue weighted by Crippen LogP contribution is -2.10. The number of carbonyl (C=O) groups excluding carboxylic acids is 2. The van der Waals surface area contributed by atoms with Crippen molar-refractivity contribution in [2.45, 2.75) is 13.0 Å². The number of nitrogens with one attached hydrogen (secondary N) is 1. The summed E-state index contributed by atoms with van der Waals surface area (Å²) in [5.74, 6) is 0.156. The van der Waals surface area contributed by atoms with Crippen molar-refractivity contribution in [2.24, 2.45) is 0 Å². The number of amides is 1. The van der Waals surface area contributed by atoms with Gasteiger partial charge in [-0.05, 0) is 36.4 Å². The average molecular weight is 392 g/mol. The molecule has 1 N–H and O–H groups in total. The van der Waals surface area contributed by atoms with E-state index in [-0.39, 0.29) is 24.5 Å². The smallest absolute Gasteiger partial charge is 0.338 e. The van der Waals surface area contributed by atoms with Crippen molar-refractivity contribution in [3.63, 3.8) is 0 Å². The molecule has 0 radical (unpaired) electrons. The second-order valence-corrected chi connectivity index (χ2v) is 5.78. The van der Waals surface area contributed by atoms with Gasteiger partial charge in [-0.3, -0.25) is 4.79 Å². The van der Waals surface area contributed by atoms with E-state index in [1.807, 2.05) is 0 Å². The van der Waals surface area contributed by atoms with E-state index < -0.39 is 11.9 Å². The molecule has 0 unspecified atom stereocenters. The van der Waals surface area contributed by atoms with Gasteiger partial charge < -0.3 is 19.3 Å². The maximum Gasteiger partial charge on any atom is 0.338 e. The van der Waals surface area contributed by atoms with Crippen LogP contribution in [0.25, 0.3) is 11.4 Å². The molecule has 1 heterocycles. The molecule has 3 rings (SSSR count). The maximum atomic E-state index is 12.2. The third-order valence-corrected chi connectivity index (χ3v) is 3.77. The summed E-state index contributed by atoms with van der Waals surface area (Å²) in [6.45, 7) is -0.184. The molecule has 0 atom stereocenters. The molecule has 0 spiro atoms. The highest BCUT2D eigenvalue weighted by atomic mass is 16.6. The van der Waals surface area contributed by atoms with E-state index in [0.717, 1.165) is 0 Å². The van der Waals surface area contributed by atoms with Crippen molar-refractivity contribution in [3.8, 4) is 23.2 Å². The average Bonchev–Trinajstić information content (AvgIpc) is 3.22. The fraction of sp³-hybridized carbons (Fsp3) is 0.150. The highest BCUT2D eigenvalue weighted by Gasteiger charge is 2.13. The monoisotopic (exact) mass is 392 g/mol. The number of hydrogen-bond donors (Lipinski definition) is 1. The van der Waals surface area contributed by atoms with Crippen LogP contribution in [0.2, 0.25) is 0 Å². The molecule has 0 aliphatic carbocycles. The van der Waals surface area contributed by atoms with Crippen molar-refractivity contribution in [1.82, 2.24) is 10.1 Å². The SMILES string of the molecule is COc1cccc(-c2noc(COC(=O)c3ccc(NC(=O)CC#N)cc3)n2)c1. The van der Waals surface area contributed by atoms with Crippen LogP contribution in [0.5, 0.6) is 5.75 Å². The van der Waals surface area contributed by atoms with Crippen molar-refractivity contribution in [1.29, 1.82) is 5.26 Å². The quantitative estimate of drug-likeness (QED) is 0.608. The first-order valence-electron chi connectivity index (χ1n) is 8.50. The van der Waals surface area contributed by atoms with Gasteiger partial charge in [-0.25, -0.2) is 4.79 Å². The number of nitriles is 1. The summed E-state index contributed by atoms with van der Waals surface area (Å²) in [6, 6.07) is 15.0. The highest BCUT2D eigenvalue weighted by molar-refractivity contribution is 5.93. The zero-order valence-corrected chi connectivity index (χ0v) is 15.4. The number of aromatic nitrogens is 2. The van der Waals surface area contributed by atoms with E-state index in [1.54, 1.807) is 49.6 Å². The summed E-state index contributed by atoms with van der Waals surface area (Å²) in [5, 5.41) is 14.9. The van der Waals surface area contributed by atoms with Crippen LogP contribution in [0.15, 0.2) is 53.1 Å². The third-order valence-electron chi connectivity index (χ3n) is 3.77. The number of ether oxygens (including phenoxy) is 2. The lowest BCUT2D eigenvalue weighted by atomic mass is 10.2. The van der Waals surface area contributed by atoms with Crippen LogP contribution in [0, 0.1) is 11.3 Å². The Hall–Kier alpha value is -4.19. The topological polar surface area (TPSA) is 127 Å². The molecule has 0 saturated heterocycles. The van der Waals surface area contributed by atoms with Gasteiger partial charge in [0.2, 0.25) is 11.7 Å². The fourth-order valence-corrected chi connectivity index (χ4v) is 2.37. The summed E-state index contributed by atoms with van der Waals surface area (Å²) < 4.78 is 15.4. The molecule has 29 heavy (non-hydrogen) atoms. The van der Waals surface area contributed by atoms with Gasteiger partial charge in [-0.1, -0.05) is 17.3 Å². The van der Waals surface area contributed by atoms with Crippen LogP contribution in [-0.4, -0.2) is 29.1 Å². The van der Waals surface area contributed by atoms with Gasteiger partial charge in [0, 0.05) is 11.3 Å². The predicted octanol–water partition coefficient (Wildman–Crippen LogP) is 2.95. The number of hydrogen-bond acceptors (Lipinski definition) is 8. The summed E-state index contributed by atoms with van der Waals surface area (Å²) >= 11 is 0. The predicted molar refractivity (Wildman–Crippen MR) is 101 cm³/mol. The Balaban J connectivity index is 1.57. The number of anilines is 1. The van der Waals surface area contributed by atoms with Crippen LogP contribution in [-0.2, 0) is 16.1 Å². The van der Waals surface area contributed by atoms with Crippen LogP contribution < -0.4 is 10.1 Å². The Labute approximate surface area is 165 Å². The van der Waals surface area contributed by atoms with Crippen LogP contribution in [0.3, 0.4) is 0 Å². The number of methoxy groups -OCH3 is 1. The Morgan fingerprint density at radius 2 is 2.00 bits per heavy atom. The zero-order chi connectivity index (χ0) is 20.6. The summed E-state index contributed by atoms with van der Waals surface area (Å²) in [4.78, 5) is 27.7. The van der Waals surface area contributed by atoms with Crippen LogP contribution in [0.4, 0.5) is 5.69 Å². The first-order valence-corrected chi connectivity index (χ1v) is 8.50.